The van der Waals surface area contributed by atoms with E-state index in [1.807, 2.05) is 0 Å². The van der Waals surface area contributed by atoms with Crippen LogP contribution in [0, 0.1) is 0 Å². The van der Waals surface area contributed by atoms with Crippen LogP contribution < -0.4 is 4.74 Å². The van der Waals surface area contributed by atoms with Gasteiger partial charge in [-0.1, -0.05) is 29.8 Å². The van der Waals surface area contributed by atoms with Crippen molar-refractivity contribution in [1.29, 1.82) is 0 Å². The van der Waals surface area contributed by atoms with E-state index in [0.717, 1.165) is 0 Å². The molecule has 0 aliphatic rings. The Balaban J connectivity index is 2.21. The summed E-state index contributed by atoms with van der Waals surface area (Å²) in [5.74, 6) is -0.434. The molecule has 0 saturated carbocycles. The van der Waals surface area contributed by atoms with Crippen LogP contribution in [0.3, 0.4) is 0 Å². The third-order valence-corrected chi connectivity index (χ3v) is 2.84. The number of nitrogens with zero attached hydrogens (tertiary/aromatic N) is 2. The first-order valence-electron chi connectivity index (χ1n) is 5.93. The number of ketones is 1. The average Bonchev–Trinajstić information content (AvgIpc) is 2.76. The lowest BCUT2D eigenvalue weighted by molar-refractivity contribution is -0.0499. The Labute approximate surface area is 124 Å². The van der Waals surface area contributed by atoms with Gasteiger partial charge in [0.2, 0.25) is 5.78 Å². The van der Waals surface area contributed by atoms with Crippen molar-refractivity contribution in [3.8, 4) is 5.75 Å². The number of alkyl halides is 2. The van der Waals surface area contributed by atoms with E-state index in [1.165, 1.54) is 29.1 Å². The monoisotopic (exact) mass is 312 g/mol. The minimum absolute atomic E-state index is 0.0105. The number of ether oxygens (including phenoxy) is 1. The molecule has 0 saturated heterocycles. The van der Waals surface area contributed by atoms with Gasteiger partial charge in [0, 0.05) is 18.8 Å². The molecule has 2 rings (SSSR count). The molecule has 0 atom stereocenters. The molecule has 110 valence electrons. The van der Waals surface area contributed by atoms with Crippen LogP contribution in [0.1, 0.15) is 16.1 Å². The third-order valence-electron chi connectivity index (χ3n) is 2.57. The molecular weight excluding hydrogens is 302 g/mol. The topological polar surface area (TPSA) is 44.1 Å². The number of aromatic nitrogens is 2. The predicted molar refractivity (Wildman–Crippen MR) is 74.7 cm³/mol. The van der Waals surface area contributed by atoms with Crippen LogP contribution in [0.5, 0.6) is 5.75 Å². The van der Waals surface area contributed by atoms with Gasteiger partial charge in [0.15, 0.2) is 5.69 Å². The summed E-state index contributed by atoms with van der Waals surface area (Å²) in [5, 5.41) is 4.15. The van der Waals surface area contributed by atoms with E-state index in [0.29, 0.717) is 5.56 Å². The highest BCUT2D eigenvalue weighted by molar-refractivity contribution is 6.34. The van der Waals surface area contributed by atoms with Crippen molar-refractivity contribution in [2.24, 2.45) is 7.05 Å². The molecule has 0 unspecified atom stereocenters. The van der Waals surface area contributed by atoms with Crippen LogP contribution in [-0.4, -0.2) is 22.2 Å². The Morgan fingerprint density at radius 2 is 2.14 bits per heavy atom. The molecule has 1 heterocycles. The van der Waals surface area contributed by atoms with Crippen LogP contribution in [-0.2, 0) is 7.05 Å². The van der Waals surface area contributed by atoms with E-state index < -0.39 is 12.4 Å². The van der Waals surface area contributed by atoms with Crippen molar-refractivity contribution < 1.29 is 18.3 Å². The minimum Gasteiger partial charge on any atom is -0.434 e. The summed E-state index contributed by atoms with van der Waals surface area (Å²) in [6, 6.07) is 6.16. The fraction of sp³-hybridized carbons (Fsp3) is 0.143. The van der Waals surface area contributed by atoms with Crippen molar-refractivity contribution in [3.63, 3.8) is 0 Å². The van der Waals surface area contributed by atoms with Crippen molar-refractivity contribution in [2.45, 2.75) is 6.61 Å². The Bertz CT molecular complexity index is 683. The van der Waals surface area contributed by atoms with Gasteiger partial charge >= 0.3 is 6.61 Å². The highest BCUT2D eigenvalue weighted by Crippen LogP contribution is 2.22. The highest BCUT2D eigenvalue weighted by atomic mass is 35.5. The van der Waals surface area contributed by atoms with Crippen molar-refractivity contribution in [2.75, 3.05) is 0 Å². The predicted octanol–water partition coefficient (Wildman–Crippen LogP) is 3.57. The number of para-hydroxylation sites is 1. The molecule has 0 spiro atoms. The quantitative estimate of drug-likeness (QED) is 0.626. The fourth-order valence-electron chi connectivity index (χ4n) is 1.69. The molecule has 0 bridgehead atoms. The Morgan fingerprint density at radius 3 is 2.76 bits per heavy atom. The van der Waals surface area contributed by atoms with Gasteiger partial charge in [-0.05, 0) is 18.2 Å². The normalized spacial score (nSPS) is 11.3. The molecule has 0 N–H and O–H groups in total. The molecule has 21 heavy (non-hydrogen) atoms. The van der Waals surface area contributed by atoms with Crippen LogP contribution >= 0.6 is 11.6 Å². The molecule has 0 fully saturated rings. The van der Waals surface area contributed by atoms with E-state index in [2.05, 4.69) is 9.84 Å². The van der Waals surface area contributed by atoms with E-state index >= 15 is 0 Å². The van der Waals surface area contributed by atoms with Gasteiger partial charge in [-0.15, -0.1) is 0 Å². The number of rotatable bonds is 5. The van der Waals surface area contributed by atoms with Crippen molar-refractivity contribution in [3.05, 3.63) is 52.8 Å². The van der Waals surface area contributed by atoms with Crippen LogP contribution in [0.15, 0.2) is 36.5 Å². The smallest absolute Gasteiger partial charge is 0.387 e. The maximum atomic E-state index is 12.3. The average molecular weight is 313 g/mol. The Hall–Kier alpha value is -2.21. The van der Waals surface area contributed by atoms with Crippen LogP contribution in [0.2, 0.25) is 5.02 Å². The fourth-order valence-corrected chi connectivity index (χ4v) is 1.96. The zero-order valence-corrected chi connectivity index (χ0v) is 11.7. The molecule has 2 aromatic rings. The molecule has 1 aromatic heterocycles. The maximum absolute atomic E-state index is 12.3. The van der Waals surface area contributed by atoms with Gasteiger partial charge in [-0.3, -0.25) is 9.48 Å². The number of carbonyl (C=O) groups is 1. The second-order valence-corrected chi connectivity index (χ2v) is 4.52. The second-order valence-electron chi connectivity index (χ2n) is 4.11. The van der Waals surface area contributed by atoms with E-state index in [9.17, 15) is 13.6 Å². The second kappa shape index (κ2) is 6.49. The minimum atomic E-state index is -2.93. The summed E-state index contributed by atoms with van der Waals surface area (Å²) in [6.45, 7) is -2.93. The molecule has 0 radical (unpaired) electrons. The van der Waals surface area contributed by atoms with Gasteiger partial charge in [0.1, 0.15) is 5.75 Å². The first kappa shape index (κ1) is 15.2. The van der Waals surface area contributed by atoms with Gasteiger partial charge in [-0.2, -0.15) is 13.9 Å². The summed E-state index contributed by atoms with van der Waals surface area (Å²) in [6.07, 6.45) is 4.09. The lowest BCUT2D eigenvalue weighted by atomic mass is 10.1. The zero-order valence-electron chi connectivity index (χ0n) is 11.0. The number of benzene rings is 1. The molecule has 0 amide bonds. The summed E-state index contributed by atoms with van der Waals surface area (Å²) >= 11 is 5.86. The summed E-state index contributed by atoms with van der Waals surface area (Å²) in [7, 11) is 1.64. The zero-order chi connectivity index (χ0) is 15.4. The number of halogens is 3. The van der Waals surface area contributed by atoms with E-state index in [1.54, 1.807) is 25.2 Å². The maximum Gasteiger partial charge on any atom is 0.387 e. The van der Waals surface area contributed by atoms with Crippen molar-refractivity contribution in [1.82, 2.24) is 9.78 Å². The summed E-state index contributed by atoms with van der Waals surface area (Å²) < 4.78 is 30.3. The number of hydrogen-bond acceptors (Lipinski definition) is 3. The van der Waals surface area contributed by atoms with Gasteiger partial charge in [-0.25, -0.2) is 0 Å². The molecule has 0 aliphatic heterocycles. The third kappa shape index (κ3) is 3.88. The number of allylic oxidation sites excluding steroid dienone is 1. The lowest BCUT2D eigenvalue weighted by Gasteiger charge is -2.06. The van der Waals surface area contributed by atoms with Crippen LogP contribution in [0.4, 0.5) is 8.78 Å². The molecule has 4 nitrogen and oxygen atoms in total. The number of aryl methyl sites for hydroxylation is 1. The first-order chi connectivity index (χ1) is 9.97. The number of carbonyl (C=O) groups excluding carboxylic acids is 1. The van der Waals surface area contributed by atoms with Gasteiger partial charge < -0.3 is 4.74 Å². The van der Waals surface area contributed by atoms with Gasteiger partial charge in [0.25, 0.3) is 0 Å². The molecular formula is C14H11ClF2N2O2. The SMILES string of the molecule is Cn1cc(Cl)c(C(=O)/C=C/c2ccccc2OC(F)F)n1. The first-order valence-corrected chi connectivity index (χ1v) is 6.30. The summed E-state index contributed by atoms with van der Waals surface area (Å²) in [4.78, 5) is 11.9. The lowest BCUT2D eigenvalue weighted by Crippen LogP contribution is -2.03. The number of hydrogen-bond donors (Lipinski definition) is 0. The summed E-state index contributed by atoms with van der Waals surface area (Å²) in [5.41, 5.74) is 0.459. The Morgan fingerprint density at radius 1 is 1.43 bits per heavy atom. The molecule has 1 aromatic carbocycles. The largest absolute Gasteiger partial charge is 0.434 e. The van der Waals surface area contributed by atoms with Crippen LogP contribution in [0.25, 0.3) is 6.08 Å². The Kier molecular flexibility index (Phi) is 4.70. The molecule has 0 aliphatic carbocycles. The van der Waals surface area contributed by atoms with Crippen molar-refractivity contribution >= 4 is 23.5 Å². The van der Waals surface area contributed by atoms with E-state index in [-0.39, 0.29) is 16.5 Å². The highest BCUT2D eigenvalue weighted by Gasteiger charge is 2.12. The molecule has 7 heteroatoms. The van der Waals surface area contributed by atoms with Gasteiger partial charge in [0.05, 0.1) is 5.02 Å². The van der Waals surface area contributed by atoms with E-state index in [4.69, 9.17) is 11.6 Å². The standard InChI is InChI=1S/C14H11ClF2N2O2/c1-19-8-10(15)13(18-19)11(20)7-6-9-4-2-3-5-12(9)21-14(16)17/h2-8,14H,1H3/b7-6+.